The van der Waals surface area contributed by atoms with E-state index < -0.39 is 0 Å². The molecule has 1 amide bonds. The largest absolute Gasteiger partial charge is 0.484 e. The van der Waals surface area contributed by atoms with Crippen LogP contribution in [0.4, 0.5) is 0 Å². The zero-order valence-electron chi connectivity index (χ0n) is 14.0. The van der Waals surface area contributed by atoms with Crippen LogP contribution in [0.1, 0.15) is 25.0 Å². The summed E-state index contributed by atoms with van der Waals surface area (Å²) in [5, 5.41) is 3.93. The van der Waals surface area contributed by atoms with Gasteiger partial charge in [0.05, 0.1) is 6.21 Å². The van der Waals surface area contributed by atoms with E-state index >= 15 is 0 Å². The molecule has 2 aromatic rings. The molecule has 0 saturated carbocycles. The molecule has 0 aliphatic carbocycles. The number of hydrazone groups is 1. The molecule has 0 unspecified atom stereocenters. The van der Waals surface area contributed by atoms with Gasteiger partial charge >= 0.3 is 0 Å². The molecule has 0 heterocycles. The lowest BCUT2D eigenvalue weighted by atomic mass is 10.1. The summed E-state index contributed by atoms with van der Waals surface area (Å²) in [6.07, 6.45) is 4.58. The van der Waals surface area contributed by atoms with Crippen LogP contribution in [0, 0.1) is 0 Å². The lowest BCUT2D eigenvalue weighted by Gasteiger charge is -2.05. The average molecular weight is 322 g/mol. The molecule has 0 aliphatic heterocycles. The van der Waals surface area contributed by atoms with Gasteiger partial charge in [0, 0.05) is 0 Å². The second-order valence-corrected chi connectivity index (χ2v) is 5.38. The quantitative estimate of drug-likeness (QED) is 0.622. The lowest BCUT2D eigenvalue weighted by Crippen LogP contribution is -2.24. The Bertz CT molecular complexity index is 704. The summed E-state index contributed by atoms with van der Waals surface area (Å²) in [5.74, 6) is 0.379. The molecule has 0 radical (unpaired) electrons. The summed E-state index contributed by atoms with van der Waals surface area (Å²) in [6, 6.07) is 17.6. The number of nitrogens with one attached hydrogen (secondary N) is 1. The van der Waals surface area contributed by atoms with Gasteiger partial charge in [0.15, 0.2) is 6.61 Å². The molecular weight excluding hydrogens is 300 g/mol. The number of carbonyl (C=O) groups is 1. The van der Waals surface area contributed by atoms with E-state index in [1.807, 2.05) is 67.6 Å². The zero-order valence-corrected chi connectivity index (χ0v) is 14.0. The fraction of sp³-hybridized carbons (Fsp3) is 0.200. The topological polar surface area (TPSA) is 50.7 Å². The monoisotopic (exact) mass is 322 g/mol. The zero-order chi connectivity index (χ0) is 17.2. The first kappa shape index (κ1) is 17.5. The van der Waals surface area contributed by atoms with Crippen molar-refractivity contribution in [1.82, 2.24) is 5.43 Å². The van der Waals surface area contributed by atoms with Crippen molar-refractivity contribution >= 4 is 18.2 Å². The highest BCUT2D eigenvalue weighted by Gasteiger charge is 2.01. The second-order valence-electron chi connectivity index (χ2n) is 5.38. The number of allylic oxidation sites excluding steroid dienone is 1. The molecule has 2 rings (SSSR count). The van der Waals surface area contributed by atoms with Crippen LogP contribution in [-0.4, -0.2) is 18.7 Å². The van der Waals surface area contributed by atoms with E-state index in [4.69, 9.17) is 4.74 Å². The van der Waals surface area contributed by atoms with Gasteiger partial charge in [-0.25, -0.2) is 5.43 Å². The molecule has 0 aromatic heterocycles. The third-order valence-corrected chi connectivity index (χ3v) is 3.35. The van der Waals surface area contributed by atoms with E-state index in [1.165, 1.54) is 5.56 Å². The van der Waals surface area contributed by atoms with Gasteiger partial charge in [0.1, 0.15) is 5.75 Å². The highest BCUT2D eigenvalue weighted by atomic mass is 16.5. The smallest absolute Gasteiger partial charge is 0.277 e. The first-order chi connectivity index (χ1) is 11.7. The average Bonchev–Trinajstić information content (AvgIpc) is 2.61. The van der Waals surface area contributed by atoms with Crippen molar-refractivity contribution in [2.24, 2.45) is 5.10 Å². The van der Waals surface area contributed by atoms with Crippen LogP contribution in [0.15, 0.2) is 65.3 Å². The minimum Gasteiger partial charge on any atom is -0.484 e. The first-order valence-corrected chi connectivity index (χ1v) is 7.94. The van der Waals surface area contributed by atoms with Gasteiger partial charge in [-0.1, -0.05) is 55.5 Å². The Morgan fingerprint density at radius 1 is 1.12 bits per heavy atom. The van der Waals surface area contributed by atoms with Crippen molar-refractivity contribution < 1.29 is 9.53 Å². The minimum atomic E-state index is -0.293. The van der Waals surface area contributed by atoms with Gasteiger partial charge in [0.2, 0.25) is 0 Å². The standard InChI is InChI=1S/C20H22N2O2/c1-3-17-9-11-19(12-10-17)24-15-20(23)22-21-14-16(2)13-18-7-5-4-6-8-18/h4-14H,3,15H2,1-2H3,(H,22,23)/b16-13-,21-14+. The first-order valence-electron chi connectivity index (χ1n) is 7.94. The Hall–Kier alpha value is -2.88. The number of ether oxygens (including phenoxy) is 1. The molecule has 2 aromatic carbocycles. The number of nitrogens with zero attached hydrogens (tertiary/aromatic N) is 1. The van der Waals surface area contributed by atoms with Crippen LogP contribution in [0.5, 0.6) is 5.75 Å². The van der Waals surface area contributed by atoms with E-state index in [2.05, 4.69) is 17.5 Å². The third-order valence-electron chi connectivity index (χ3n) is 3.35. The Labute approximate surface area is 142 Å². The predicted octanol–water partition coefficient (Wildman–Crippen LogP) is 3.83. The molecule has 4 heteroatoms. The lowest BCUT2D eigenvalue weighted by molar-refractivity contribution is -0.123. The maximum atomic E-state index is 11.7. The number of amides is 1. The number of rotatable bonds is 7. The molecule has 0 saturated heterocycles. The van der Waals surface area contributed by atoms with Crippen molar-refractivity contribution in [3.05, 3.63) is 71.3 Å². The summed E-state index contributed by atoms with van der Waals surface area (Å²) in [6.45, 7) is 3.95. The van der Waals surface area contributed by atoms with Gasteiger partial charge in [-0.3, -0.25) is 4.79 Å². The fourth-order valence-electron chi connectivity index (χ4n) is 2.06. The van der Waals surface area contributed by atoms with Crippen LogP contribution in [-0.2, 0) is 11.2 Å². The van der Waals surface area contributed by atoms with Crippen LogP contribution >= 0.6 is 0 Å². The third kappa shape index (κ3) is 6.08. The maximum Gasteiger partial charge on any atom is 0.277 e. The van der Waals surface area contributed by atoms with Gasteiger partial charge in [0.25, 0.3) is 5.91 Å². The molecule has 0 atom stereocenters. The van der Waals surface area contributed by atoms with Crippen LogP contribution in [0.2, 0.25) is 0 Å². The van der Waals surface area contributed by atoms with Crippen molar-refractivity contribution in [1.29, 1.82) is 0 Å². The van der Waals surface area contributed by atoms with E-state index in [1.54, 1.807) is 6.21 Å². The summed E-state index contributed by atoms with van der Waals surface area (Å²) in [4.78, 5) is 11.7. The maximum absolute atomic E-state index is 11.7. The number of benzene rings is 2. The highest BCUT2D eigenvalue weighted by Crippen LogP contribution is 2.12. The van der Waals surface area contributed by atoms with E-state index in [-0.39, 0.29) is 12.5 Å². The summed E-state index contributed by atoms with van der Waals surface area (Å²) >= 11 is 0. The highest BCUT2D eigenvalue weighted by molar-refractivity contribution is 5.86. The number of aryl methyl sites for hydroxylation is 1. The molecule has 0 bridgehead atoms. The molecule has 0 fully saturated rings. The summed E-state index contributed by atoms with van der Waals surface area (Å²) in [7, 11) is 0. The molecule has 4 nitrogen and oxygen atoms in total. The summed E-state index contributed by atoms with van der Waals surface area (Å²) in [5.41, 5.74) is 5.72. The second kappa shape index (κ2) is 9.30. The normalized spacial score (nSPS) is 11.5. The van der Waals surface area contributed by atoms with Gasteiger partial charge in [-0.2, -0.15) is 5.10 Å². The van der Waals surface area contributed by atoms with E-state index in [9.17, 15) is 4.79 Å². The van der Waals surface area contributed by atoms with Gasteiger partial charge in [-0.05, 0) is 42.2 Å². The fourth-order valence-corrected chi connectivity index (χ4v) is 2.06. The van der Waals surface area contributed by atoms with Crippen molar-refractivity contribution in [2.45, 2.75) is 20.3 Å². The molecule has 124 valence electrons. The van der Waals surface area contributed by atoms with Crippen molar-refractivity contribution in [3.8, 4) is 5.75 Å². The molecule has 24 heavy (non-hydrogen) atoms. The molecule has 1 N–H and O–H groups in total. The molecular formula is C20H22N2O2. The SMILES string of the molecule is CCc1ccc(OCC(=O)N/N=C/C(C)=C\c2ccccc2)cc1. The number of carbonyl (C=O) groups excluding carboxylic acids is 1. The Kier molecular flexibility index (Phi) is 6.77. The van der Waals surface area contributed by atoms with Gasteiger partial charge < -0.3 is 4.74 Å². The van der Waals surface area contributed by atoms with Crippen molar-refractivity contribution in [2.75, 3.05) is 6.61 Å². The van der Waals surface area contributed by atoms with Gasteiger partial charge in [-0.15, -0.1) is 0 Å². The minimum absolute atomic E-state index is 0.0652. The van der Waals surface area contributed by atoms with Crippen molar-refractivity contribution in [3.63, 3.8) is 0 Å². The number of hydrogen-bond acceptors (Lipinski definition) is 3. The molecule has 0 spiro atoms. The Morgan fingerprint density at radius 3 is 2.50 bits per heavy atom. The van der Waals surface area contributed by atoms with Crippen LogP contribution in [0.25, 0.3) is 6.08 Å². The predicted molar refractivity (Wildman–Crippen MR) is 98.0 cm³/mol. The molecule has 0 aliphatic rings. The summed E-state index contributed by atoms with van der Waals surface area (Å²) < 4.78 is 5.42. The van der Waals surface area contributed by atoms with E-state index in [0.29, 0.717) is 5.75 Å². The van der Waals surface area contributed by atoms with Crippen LogP contribution in [0.3, 0.4) is 0 Å². The van der Waals surface area contributed by atoms with E-state index in [0.717, 1.165) is 17.6 Å². The van der Waals surface area contributed by atoms with Crippen LogP contribution < -0.4 is 10.2 Å². The Balaban J connectivity index is 1.76. The number of hydrogen-bond donors (Lipinski definition) is 1. The Morgan fingerprint density at radius 2 is 1.83 bits per heavy atom.